The van der Waals surface area contributed by atoms with Crippen LogP contribution in [0.4, 0.5) is 16.2 Å². The number of methoxy groups -OCH3 is 1. The van der Waals surface area contributed by atoms with Crippen molar-refractivity contribution in [3.05, 3.63) is 87.5 Å². The van der Waals surface area contributed by atoms with Crippen molar-refractivity contribution in [2.75, 3.05) is 23.5 Å². The van der Waals surface area contributed by atoms with E-state index in [1.165, 1.54) is 13.2 Å². The van der Waals surface area contributed by atoms with Crippen LogP contribution < -0.4 is 19.3 Å². The van der Waals surface area contributed by atoms with Crippen LogP contribution in [0.2, 0.25) is 0 Å². The molecule has 1 heterocycles. The summed E-state index contributed by atoms with van der Waals surface area (Å²) in [5, 5.41) is 0. The van der Waals surface area contributed by atoms with E-state index >= 15 is 0 Å². The minimum atomic E-state index is -0.733. The van der Waals surface area contributed by atoms with E-state index in [0.29, 0.717) is 35.0 Å². The van der Waals surface area contributed by atoms with Crippen LogP contribution in [0.1, 0.15) is 12.5 Å². The summed E-state index contributed by atoms with van der Waals surface area (Å²) in [5.41, 5.74) is 1.16. The van der Waals surface area contributed by atoms with Gasteiger partial charge in [0, 0.05) is 0 Å². The van der Waals surface area contributed by atoms with Crippen molar-refractivity contribution in [2.24, 2.45) is 0 Å². The molecule has 0 saturated carbocycles. The highest BCUT2D eigenvalue weighted by Crippen LogP contribution is 2.36. The molecule has 0 radical (unpaired) electrons. The van der Waals surface area contributed by atoms with Gasteiger partial charge in [0.15, 0.2) is 11.5 Å². The number of hydrogen-bond donors (Lipinski definition) is 0. The molecule has 4 amide bonds. The molecule has 8 heteroatoms. The van der Waals surface area contributed by atoms with Gasteiger partial charge in [-0.25, -0.2) is 14.6 Å². The Labute approximate surface area is 210 Å². The number of amides is 4. The molecule has 0 bridgehead atoms. The SMILES string of the molecule is CCOc1c(I)cc(C=C2C(=O)N(c3ccccc3)C(=O)N(c3ccccc3)C2=O)cc1OC. The first-order valence-electron chi connectivity index (χ1n) is 10.5. The summed E-state index contributed by atoms with van der Waals surface area (Å²) in [7, 11) is 1.52. The lowest BCUT2D eigenvalue weighted by atomic mass is 10.0. The topological polar surface area (TPSA) is 76.2 Å². The third kappa shape index (κ3) is 4.41. The van der Waals surface area contributed by atoms with E-state index in [2.05, 4.69) is 22.6 Å². The van der Waals surface area contributed by atoms with Gasteiger partial charge in [0.05, 0.1) is 28.7 Å². The number of ether oxygens (including phenoxy) is 2. The summed E-state index contributed by atoms with van der Waals surface area (Å²) in [6.45, 7) is 2.34. The van der Waals surface area contributed by atoms with E-state index in [4.69, 9.17) is 9.47 Å². The number of para-hydroxylation sites is 2. The maximum Gasteiger partial charge on any atom is 0.343 e. The Balaban J connectivity index is 1.86. The molecule has 0 spiro atoms. The average Bonchev–Trinajstić information content (AvgIpc) is 2.84. The fourth-order valence-electron chi connectivity index (χ4n) is 3.61. The Morgan fingerprint density at radius 2 is 1.38 bits per heavy atom. The van der Waals surface area contributed by atoms with Crippen molar-refractivity contribution in [3.63, 3.8) is 0 Å². The largest absolute Gasteiger partial charge is 0.493 e. The minimum Gasteiger partial charge on any atom is -0.493 e. The Kier molecular flexibility index (Phi) is 6.97. The van der Waals surface area contributed by atoms with Crippen LogP contribution in [0, 0.1) is 3.57 Å². The number of rotatable bonds is 6. The van der Waals surface area contributed by atoms with Crippen molar-refractivity contribution >= 4 is 57.9 Å². The summed E-state index contributed by atoms with van der Waals surface area (Å²) < 4.78 is 11.9. The van der Waals surface area contributed by atoms with E-state index < -0.39 is 17.8 Å². The van der Waals surface area contributed by atoms with Crippen LogP contribution in [0.25, 0.3) is 6.08 Å². The lowest BCUT2D eigenvalue weighted by Crippen LogP contribution is -2.57. The molecule has 0 N–H and O–H groups in total. The first-order valence-corrected chi connectivity index (χ1v) is 11.6. The highest BCUT2D eigenvalue weighted by atomic mass is 127. The minimum absolute atomic E-state index is 0.144. The molecule has 1 aliphatic heterocycles. The second-order valence-electron chi connectivity index (χ2n) is 7.26. The van der Waals surface area contributed by atoms with Crippen LogP contribution in [-0.4, -0.2) is 31.6 Å². The predicted molar refractivity (Wildman–Crippen MR) is 138 cm³/mol. The smallest absolute Gasteiger partial charge is 0.343 e. The van der Waals surface area contributed by atoms with Crippen molar-refractivity contribution < 1.29 is 23.9 Å². The Bertz CT molecular complexity index is 1210. The number of hydrogen-bond acceptors (Lipinski definition) is 5. The third-order valence-electron chi connectivity index (χ3n) is 5.13. The Hall–Kier alpha value is -3.66. The van der Waals surface area contributed by atoms with Crippen LogP contribution in [-0.2, 0) is 9.59 Å². The molecule has 3 aromatic rings. The quantitative estimate of drug-likeness (QED) is 0.230. The number of carbonyl (C=O) groups excluding carboxylic acids is 3. The zero-order valence-electron chi connectivity index (χ0n) is 18.5. The molecule has 1 aliphatic rings. The Morgan fingerprint density at radius 1 is 0.853 bits per heavy atom. The molecule has 1 saturated heterocycles. The van der Waals surface area contributed by atoms with E-state index in [9.17, 15) is 14.4 Å². The van der Waals surface area contributed by atoms with Gasteiger partial charge in [-0.3, -0.25) is 9.59 Å². The monoisotopic (exact) mass is 568 g/mol. The number of urea groups is 1. The summed E-state index contributed by atoms with van der Waals surface area (Å²) in [6, 6.07) is 19.8. The molecule has 172 valence electrons. The summed E-state index contributed by atoms with van der Waals surface area (Å²) in [6.07, 6.45) is 1.48. The first kappa shape index (κ1) is 23.5. The normalized spacial score (nSPS) is 13.9. The van der Waals surface area contributed by atoms with E-state index in [1.54, 1.807) is 72.8 Å². The van der Waals surface area contributed by atoms with Crippen LogP contribution in [0.3, 0.4) is 0 Å². The third-order valence-corrected chi connectivity index (χ3v) is 5.93. The molecule has 0 aliphatic carbocycles. The second-order valence-corrected chi connectivity index (χ2v) is 8.42. The molecule has 0 atom stereocenters. The number of imide groups is 2. The standard InChI is InChI=1S/C26H21IN2O5/c1-3-34-23-21(27)15-17(16-22(23)33-2)14-20-24(30)28(18-10-6-4-7-11-18)26(32)29(25(20)31)19-12-8-5-9-13-19/h4-16H,3H2,1-2H3. The Morgan fingerprint density at radius 3 is 1.85 bits per heavy atom. The van der Waals surface area contributed by atoms with Gasteiger partial charge >= 0.3 is 6.03 Å². The van der Waals surface area contributed by atoms with E-state index in [0.717, 1.165) is 13.4 Å². The number of benzene rings is 3. The molecule has 7 nitrogen and oxygen atoms in total. The van der Waals surface area contributed by atoms with Gasteiger partial charge in [-0.15, -0.1) is 0 Å². The van der Waals surface area contributed by atoms with Crippen LogP contribution in [0.5, 0.6) is 11.5 Å². The van der Waals surface area contributed by atoms with Crippen molar-refractivity contribution in [1.82, 2.24) is 0 Å². The van der Waals surface area contributed by atoms with Gasteiger partial charge in [0.25, 0.3) is 11.8 Å². The molecule has 4 rings (SSSR count). The van der Waals surface area contributed by atoms with E-state index in [1.807, 2.05) is 6.92 Å². The molecule has 34 heavy (non-hydrogen) atoms. The molecule has 0 unspecified atom stereocenters. The second kappa shape index (κ2) is 10.1. The van der Waals surface area contributed by atoms with Gasteiger partial charge < -0.3 is 9.47 Å². The van der Waals surface area contributed by atoms with Crippen molar-refractivity contribution in [2.45, 2.75) is 6.92 Å². The number of nitrogens with zero attached hydrogens (tertiary/aromatic N) is 2. The molecular formula is C26H21IN2O5. The van der Waals surface area contributed by atoms with E-state index in [-0.39, 0.29) is 5.57 Å². The average molecular weight is 568 g/mol. The van der Waals surface area contributed by atoms with Gasteiger partial charge in [0.2, 0.25) is 0 Å². The van der Waals surface area contributed by atoms with Crippen LogP contribution >= 0.6 is 22.6 Å². The maximum absolute atomic E-state index is 13.5. The predicted octanol–water partition coefficient (Wildman–Crippen LogP) is 5.28. The fourth-order valence-corrected chi connectivity index (χ4v) is 4.39. The number of halogens is 1. The number of barbiturate groups is 1. The molecule has 0 aromatic heterocycles. The summed E-state index contributed by atoms with van der Waals surface area (Å²) in [5.74, 6) is -0.333. The zero-order valence-corrected chi connectivity index (χ0v) is 20.7. The first-order chi connectivity index (χ1) is 16.5. The van der Waals surface area contributed by atoms with Crippen molar-refractivity contribution in [3.8, 4) is 11.5 Å². The highest BCUT2D eigenvalue weighted by molar-refractivity contribution is 14.1. The molecule has 3 aromatic carbocycles. The zero-order chi connectivity index (χ0) is 24.2. The molecular weight excluding hydrogens is 547 g/mol. The lowest BCUT2D eigenvalue weighted by Gasteiger charge is -2.34. The fraction of sp³-hybridized carbons (Fsp3) is 0.115. The van der Waals surface area contributed by atoms with Gasteiger partial charge in [-0.2, -0.15) is 0 Å². The number of anilines is 2. The van der Waals surface area contributed by atoms with Crippen molar-refractivity contribution in [1.29, 1.82) is 0 Å². The molecule has 1 fully saturated rings. The number of carbonyl (C=O) groups is 3. The lowest BCUT2D eigenvalue weighted by molar-refractivity contribution is -0.121. The van der Waals surface area contributed by atoms with Gasteiger partial charge in [-0.1, -0.05) is 36.4 Å². The summed E-state index contributed by atoms with van der Waals surface area (Å²) in [4.78, 5) is 42.3. The van der Waals surface area contributed by atoms with Crippen LogP contribution in [0.15, 0.2) is 78.4 Å². The highest BCUT2D eigenvalue weighted by Gasteiger charge is 2.43. The van der Waals surface area contributed by atoms with Gasteiger partial charge in [-0.05, 0) is 77.6 Å². The summed E-state index contributed by atoms with van der Waals surface area (Å²) >= 11 is 2.11. The maximum atomic E-state index is 13.5. The van der Waals surface area contributed by atoms with Gasteiger partial charge in [0.1, 0.15) is 5.57 Å².